The molecule has 27 heavy (non-hydrogen) atoms. The van der Waals surface area contributed by atoms with E-state index < -0.39 is 11.1 Å². The Kier molecular flexibility index (Phi) is 7.25. The van der Waals surface area contributed by atoms with Crippen LogP contribution in [0.1, 0.15) is 52.5 Å². The lowest BCUT2D eigenvalue weighted by atomic mass is 9.87. The number of carbonyl (C=O) groups is 2. The van der Waals surface area contributed by atoms with Gasteiger partial charge >= 0.3 is 6.09 Å². The van der Waals surface area contributed by atoms with Crippen molar-refractivity contribution in [2.24, 2.45) is 0 Å². The SMILES string of the molecule is CC(=O)NCCCNCC1(c2ccccc2)CCCN1C(=O)OC(C)(C)C. The molecule has 6 nitrogen and oxygen atoms in total. The Morgan fingerprint density at radius 3 is 2.52 bits per heavy atom. The van der Waals surface area contributed by atoms with Crippen LogP contribution in [0.15, 0.2) is 30.3 Å². The van der Waals surface area contributed by atoms with Crippen LogP contribution < -0.4 is 10.6 Å². The molecule has 1 aliphatic rings. The lowest BCUT2D eigenvalue weighted by molar-refractivity contribution is -0.118. The number of nitrogens with one attached hydrogen (secondary N) is 2. The molecule has 1 heterocycles. The minimum atomic E-state index is -0.520. The fraction of sp³-hybridized carbons (Fsp3) is 0.619. The number of rotatable bonds is 7. The summed E-state index contributed by atoms with van der Waals surface area (Å²) < 4.78 is 5.68. The molecule has 1 atom stereocenters. The van der Waals surface area contributed by atoms with E-state index in [-0.39, 0.29) is 12.0 Å². The maximum absolute atomic E-state index is 12.9. The topological polar surface area (TPSA) is 70.7 Å². The van der Waals surface area contributed by atoms with Crippen LogP contribution in [-0.4, -0.2) is 48.7 Å². The summed E-state index contributed by atoms with van der Waals surface area (Å²) in [6.45, 7) is 9.98. The Labute approximate surface area is 162 Å². The lowest BCUT2D eigenvalue weighted by Crippen LogP contribution is -2.52. The molecule has 0 spiro atoms. The van der Waals surface area contributed by atoms with E-state index >= 15 is 0 Å². The third kappa shape index (κ3) is 5.96. The summed E-state index contributed by atoms with van der Waals surface area (Å²) in [5.74, 6) is -0.0114. The summed E-state index contributed by atoms with van der Waals surface area (Å²) in [7, 11) is 0. The zero-order valence-electron chi connectivity index (χ0n) is 17.0. The van der Waals surface area contributed by atoms with E-state index in [1.54, 1.807) is 0 Å². The van der Waals surface area contributed by atoms with Crippen molar-refractivity contribution in [2.75, 3.05) is 26.2 Å². The van der Waals surface area contributed by atoms with Gasteiger partial charge in [0.25, 0.3) is 0 Å². The largest absolute Gasteiger partial charge is 0.444 e. The minimum Gasteiger partial charge on any atom is -0.444 e. The van der Waals surface area contributed by atoms with Crippen molar-refractivity contribution in [3.05, 3.63) is 35.9 Å². The van der Waals surface area contributed by atoms with Crippen LogP contribution in [-0.2, 0) is 15.1 Å². The van der Waals surface area contributed by atoms with Crippen LogP contribution in [0.3, 0.4) is 0 Å². The van der Waals surface area contributed by atoms with Crippen molar-refractivity contribution in [3.63, 3.8) is 0 Å². The van der Waals surface area contributed by atoms with Gasteiger partial charge in [-0.1, -0.05) is 30.3 Å². The molecule has 2 amide bonds. The number of nitrogens with zero attached hydrogens (tertiary/aromatic N) is 1. The minimum absolute atomic E-state index is 0.0114. The first-order valence-electron chi connectivity index (χ1n) is 9.76. The van der Waals surface area contributed by atoms with Crippen LogP contribution in [0, 0.1) is 0 Å². The Bertz CT molecular complexity index is 627. The van der Waals surface area contributed by atoms with Gasteiger partial charge < -0.3 is 15.4 Å². The maximum Gasteiger partial charge on any atom is 0.411 e. The zero-order valence-corrected chi connectivity index (χ0v) is 17.0. The van der Waals surface area contributed by atoms with Crippen LogP contribution in [0.5, 0.6) is 0 Å². The molecule has 1 aliphatic heterocycles. The van der Waals surface area contributed by atoms with Crippen molar-refractivity contribution in [2.45, 2.75) is 58.1 Å². The van der Waals surface area contributed by atoms with E-state index in [1.807, 2.05) is 43.9 Å². The molecule has 1 aromatic rings. The number of benzene rings is 1. The van der Waals surface area contributed by atoms with Crippen LogP contribution in [0.25, 0.3) is 0 Å². The average molecular weight is 376 g/mol. The fourth-order valence-corrected chi connectivity index (χ4v) is 3.57. The molecule has 6 heteroatoms. The van der Waals surface area contributed by atoms with E-state index in [9.17, 15) is 9.59 Å². The van der Waals surface area contributed by atoms with E-state index in [4.69, 9.17) is 4.74 Å². The molecule has 1 unspecified atom stereocenters. The Morgan fingerprint density at radius 1 is 1.19 bits per heavy atom. The molecule has 0 radical (unpaired) electrons. The average Bonchev–Trinajstić information content (AvgIpc) is 3.02. The molecule has 1 aromatic carbocycles. The highest BCUT2D eigenvalue weighted by Gasteiger charge is 2.46. The number of carbonyl (C=O) groups excluding carboxylic acids is 2. The zero-order chi connectivity index (χ0) is 19.9. The van der Waals surface area contributed by atoms with Crippen molar-refractivity contribution in [1.29, 1.82) is 0 Å². The number of amides is 2. The van der Waals surface area contributed by atoms with Gasteiger partial charge in [-0.3, -0.25) is 9.69 Å². The first-order valence-corrected chi connectivity index (χ1v) is 9.76. The molecule has 150 valence electrons. The molecular formula is C21H33N3O3. The number of likely N-dealkylation sites (tertiary alicyclic amines) is 1. The maximum atomic E-state index is 12.9. The molecule has 0 saturated carbocycles. The predicted molar refractivity (Wildman–Crippen MR) is 106 cm³/mol. The van der Waals surface area contributed by atoms with Gasteiger partial charge in [-0.15, -0.1) is 0 Å². The van der Waals surface area contributed by atoms with Gasteiger partial charge in [0.05, 0.1) is 5.54 Å². The van der Waals surface area contributed by atoms with Gasteiger partial charge in [0.15, 0.2) is 0 Å². The van der Waals surface area contributed by atoms with Crippen molar-refractivity contribution < 1.29 is 14.3 Å². The van der Waals surface area contributed by atoms with Crippen LogP contribution >= 0.6 is 0 Å². The molecule has 0 aromatic heterocycles. The summed E-state index contributed by atoms with van der Waals surface area (Å²) in [4.78, 5) is 25.7. The summed E-state index contributed by atoms with van der Waals surface area (Å²) in [5, 5.41) is 6.29. The predicted octanol–water partition coefficient (Wildman–Crippen LogP) is 3.03. The molecule has 1 saturated heterocycles. The van der Waals surface area contributed by atoms with Crippen molar-refractivity contribution in [1.82, 2.24) is 15.5 Å². The monoisotopic (exact) mass is 375 g/mol. The lowest BCUT2D eigenvalue weighted by Gasteiger charge is -2.40. The molecule has 2 rings (SSSR count). The summed E-state index contributed by atoms with van der Waals surface area (Å²) in [5.41, 5.74) is 0.202. The molecule has 2 N–H and O–H groups in total. The Balaban J connectivity index is 2.11. The molecular weight excluding hydrogens is 342 g/mol. The van der Waals surface area contributed by atoms with E-state index in [1.165, 1.54) is 6.92 Å². The first kappa shape index (κ1) is 21.2. The van der Waals surface area contributed by atoms with Crippen LogP contribution in [0.2, 0.25) is 0 Å². The molecule has 1 fully saturated rings. The first-order chi connectivity index (χ1) is 12.7. The number of hydrogen-bond donors (Lipinski definition) is 2. The van der Waals surface area contributed by atoms with Gasteiger partial charge in [0.1, 0.15) is 5.60 Å². The second kappa shape index (κ2) is 9.22. The van der Waals surface area contributed by atoms with Crippen molar-refractivity contribution >= 4 is 12.0 Å². The second-order valence-corrected chi connectivity index (χ2v) is 8.15. The molecule has 0 bridgehead atoms. The highest BCUT2D eigenvalue weighted by atomic mass is 16.6. The normalized spacial score (nSPS) is 19.8. The molecule has 0 aliphatic carbocycles. The van der Waals surface area contributed by atoms with Gasteiger partial charge in [-0.2, -0.15) is 0 Å². The van der Waals surface area contributed by atoms with Gasteiger partial charge in [0, 0.05) is 26.6 Å². The third-order valence-corrected chi connectivity index (χ3v) is 4.74. The number of hydrogen-bond acceptors (Lipinski definition) is 4. The Morgan fingerprint density at radius 2 is 1.89 bits per heavy atom. The van der Waals surface area contributed by atoms with Gasteiger partial charge in [0.2, 0.25) is 5.91 Å². The fourth-order valence-electron chi connectivity index (χ4n) is 3.57. The van der Waals surface area contributed by atoms with E-state index in [2.05, 4.69) is 22.8 Å². The van der Waals surface area contributed by atoms with Crippen LogP contribution in [0.4, 0.5) is 4.79 Å². The highest BCUT2D eigenvalue weighted by molar-refractivity contribution is 5.72. The van der Waals surface area contributed by atoms with Gasteiger partial charge in [-0.25, -0.2) is 4.79 Å². The van der Waals surface area contributed by atoms with E-state index in [0.29, 0.717) is 19.6 Å². The summed E-state index contributed by atoms with van der Waals surface area (Å²) in [6, 6.07) is 10.2. The summed E-state index contributed by atoms with van der Waals surface area (Å²) in [6.07, 6.45) is 2.43. The van der Waals surface area contributed by atoms with Gasteiger partial charge in [-0.05, 0) is 52.1 Å². The standard InChI is InChI=1S/C21H33N3O3/c1-17(25)23-14-9-13-22-16-21(18-10-6-5-7-11-18)12-8-15-24(21)19(26)27-20(2,3)4/h5-7,10-11,22H,8-9,12-16H2,1-4H3,(H,23,25). The third-order valence-electron chi connectivity index (χ3n) is 4.74. The second-order valence-electron chi connectivity index (χ2n) is 8.15. The summed E-state index contributed by atoms with van der Waals surface area (Å²) >= 11 is 0. The van der Waals surface area contributed by atoms with E-state index in [0.717, 1.165) is 31.4 Å². The number of ether oxygens (including phenoxy) is 1. The Hall–Kier alpha value is -2.08. The quantitative estimate of drug-likeness (QED) is 0.719. The smallest absolute Gasteiger partial charge is 0.411 e. The highest BCUT2D eigenvalue weighted by Crippen LogP contribution is 2.39. The van der Waals surface area contributed by atoms with Crippen molar-refractivity contribution in [3.8, 4) is 0 Å².